The number of phenolic OH excluding ortho intramolecular Hbond substituents is 1. The number of alkyl halides is 3. The lowest BCUT2D eigenvalue weighted by Gasteiger charge is -2.32. The van der Waals surface area contributed by atoms with E-state index >= 15 is 0 Å². The Balaban J connectivity index is 1.68. The first-order valence-corrected chi connectivity index (χ1v) is 10.2. The Labute approximate surface area is 180 Å². The van der Waals surface area contributed by atoms with Crippen molar-refractivity contribution in [2.75, 3.05) is 5.01 Å². The number of allylic oxidation sites excluding steroid dienone is 1. The number of benzene rings is 2. The van der Waals surface area contributed by atoms with Crippen molar-refractivity contribution in [3.8, 4) is 17.0 Å². The number of hydrogen-bond acceptors (Lipinski definition) is 6. The van der Waals surface area contributed by atoms with Crippen LogP contribution < -0.4 is 5.01 Å². The van der Waals surface area contributed by atoms with Crippen molar-refractivity contribution in [3.05, 3.63) is 71.1 Å². The number of hydrogen-bond donors (Lipinski definition) is 2. The van der Waals surface area contributed by atoms with Crippen LogP contribution in [0.2, 0.25) is 0 Å². The molecule has 160 valence electrons. The quantitative estimate of drug-likeness (QED) is 0.568. The highest BCUT2D eigenvalue weighted by Gasteiger charge is 2.62. The van der Waals surface area contributed by atoms with Crippen molar-refractivity contribution in [1.29, 1.82) is 0 Å². The van der Waals surface area contributed by atoms with Crippen molar-refractivity contribution >= 4 is 28.3 Å². The van der Waals surface area contributed by atoms with Gasteiger partial charge in [0.25, 0.3) is 5.72 Å². The zero-order valence-corrected chi connectivity index (χ0v) is 17.2. The third kappa shape index (κ3) is 4.06. The number of aryl methyl sites for hydroxylation is 1. The van der Waals surface area contributed by atoms with Crippen molar-refractivity contribution in [2.45, 2.75) is 25.2 Å². The molecule has 5 nitrogen and oxygen atoms in total. The number of anilines is 1. The van der Waals surface area contributed by atoms with Gasteiger partial charge in [-0.15, -0.1) is 11.3 Å². The van der Waals surface area contributed by atoms with Gasteiger partial charge in [-0.3, -0.25) is 0 Å². The predicted molar refractivity (Wildman–Crippen MR) is 115 cm³/mol. The van der Waals surface area contributed by atoms with Gasteiger partial charge in [-0.25, -0.2) is 4.98 Å². The summed E-state index contributed by atoms with van der Waals surface area (Å²) in [5.74, 6) is -0.0112. The lowest BCUT2D eigenvalue weighted by atomic mass is 10.1. The Hall–Kier alpha value is -3.17. The van der Waals surface area contributed by atoms with Crippen LogP contribution in [0.4, 0.5) is 18.3 Å². The molecule has 3 aromatic rings. The topological polar surface area (TPSA) is 69.0 Å². The molecule has 2 heterocycles. The average molecular weight is 445 g/mol. The van der Waals surface area contributed by atoms with Gasteiger partial charge >= 0.3 is 6.18 Å². The van der Waals surface area contributed by atoms with Gasteiger partial charge in [0.1, 0.15) is 5.75 Å². The molecule has 0 fully saturated rings. The van der Waals surface area contributed by atoms with E-state index in [0.29, 0.717) is 16.3 Å². The summed E-state index contributed by atoms with van der Waals surface area (Å²) in [5.41, 5.74) is -0.473. The molecule has 1 atom stereocenters. The molecule has 4 rings (SSSR count). The van der Waals surface area contributed by atoms with Crippen LogP contribution in [0.1, 0.15) is 17.5 Å². The first kappa shape index (κ1) is 21.1. The summed E-state index contributed by atoms with van der Waals surface area (Å²) in [6, 6.07) is 13.8. The maximum absolute atomic E-state index is 13.8. The molecule has 1 aromatic heterocycles. The Kier molecular flexibility index (Phi) is 5.32. The lowest BCUT2D eigenvalue weighted by molar-refractivity contribution is -0.254. The monoisotopic (exact) mass is 445 g/mol. The summed E-state index contributed by atoms with van der Waals surface area (Å²) in [5, 5.41) is 26.5. The van der Waals surface area contributed by atoms with E-state index in [1.54, 1.807) is 23.6 Å². The standard InChI is InChI=1S/C22H18F3N3O2S/c1-14-6-8-15(9-7-14)18-13-31-20(26-18)28-21(30,22(23,24)25)12-17(27-28)11-10-16-4-2-3-5-19(16)29/h2-11,13,29-30H,12H2,1H3/b11-10+/t21-/m0/s1. The van der Waals surface area contributed by atoms with Gasteiger partial charge in [-0.1, -0.05) is 48.0 Å². The highest BCUT2D eigenvalue weighted by atomic mass is 32.1. The maximum atomic E-state index is 13.8. The van der Waals surface area contributed by atoms with E-state index in [1.165, 1.54) is 18.2 Å². The van der Waals surface area contributed by atoms with Crippen LogP contribution in [-0.2, 0) is 0 Å². The van der Waals surface area contributed by atoms with Crippen molar-refractivity contribution in [2.24, 2.45) is 5.10 Å². The summed E-state index contributed by atoms with van der Waals surface area (Å²) in [7, 11) is 0. The Bertz CT molecular complexity index is 1160. The smallest absolute Gasteiger partial charge is 0.438 e. The largest absolute Gasteiger partial charge is 0.507 e. The summed E-state index contributed by atoms with van der Waals surface area (Å²) in [6.07, 6.45) is -2.93. The van der Waals surface area contributed by atoms with Gasteiger partial charge in [0, 0.05) is 16.5 Å². The predicted octanol–water partition coefficient (Wildman–Crippen LogP) is 5.35. The molecule has 0 saturated carbocycles. The molecule has 0 aliphatic carbocycles. The van der Waals surface area contributed by atoms with E-state index < -0.39 is 18.3 Å². The molecule has 31 heavy (non-hydrogen) atoms. The fourth-order valence-electron chi connectivity index (χ4n) is 3.12. The average Bonchev–Trinajstić information content (AvgIpc) is 3.33. The lowest BCUT2D eigenvalue weighted by Crippen LogP contribution is -2.55. The Morgan fingerprint density at radius 3 is 2.48 bits per heavy atom. The zero-order chi connectivity index (χ0) is 22.2. The molecule has 0 bridgehead atoms. The molecule has 2 N–H and O–H groups in total. The van der Waals surface area contributed by atoms with Crippen LogP contribution in [0.3, 0.4) is 0 Å². The number of halogens is 3. The van der Waals surface area contributed by atoms with Gasteiger partial charge in [0.2, 0.25) is 5.13 Å². The van der Waals surface area contributed by atoms with Gasteiger partial charge in [0.05, 0.1) is 17.8 Å². The van der Waals surface area contributed by atoms with E-state index in [2.05, 4.69) is 10.1 Å². The van der Waals surface area contributed by atoms with Crippen LogP contribution in [0, 0.1) is 6.92 Å². The number of rotatable bonds is 4. The molecular formula is C22H18F3N3O2S. The minimum atomic E-state index is -4.96. The normalized spacial score (nSPS) is 19.3. The van der Waals surface area contributed by atoms with E-state index in [1.807, 2.05) is 31.2 Å². The zero-order valence-electron chi connectivity index (χ0n) is 16.3. The second kappa shape index (κ2) is 7.82. The van der Waals surface area contributed by atoms with E-state index in [0.717, 1.165) is 22.5 Å². The SMILES string of the molecule is Cc1ccc(-c2csc(N3N=C(/C=C/c4ccccc4O)C[C@]3(O)C(F)(F)F)n2)cc1. The number of aromatic nitrogens is 1. The van der Waals surface area contributed by atoms with Crippen LogP contribution in [0.15, 0.2) is 65.1 Å². The molecule has 0 amide bonds. The maximum Gasteiger partial charge on any atom is 0.438 e. The van der Waals surface area contributed by atoms with Gasteiger partial charge in [0.15, 0.2) is 0 Å². The van der Waals surface area contributed by atoms with Crippen LogP contribution in [0.5, 0.6) is 5.75 Å². The van der Waals surface area contributed by atoms with Crippen molar-refractivity contribution in [1.82, 2.24) is 4.98 Å². The highest BCUT2D eigenvalue weighted by molar-refractivity contribution is 7.14. The summed E-state index contributed by atoms with van der Waals surface area (Å²) < 4.78 is 41.4. The summed E-state index contributed by atoms with van der Waals surface area (Å²) in [6.45, 7) is 1.93. The number of hydrazone groups is 1. The fourth-order valence-corrected chi connectivity index (χ4v) is 3.97. The van der Waals surface area contributed by atoms with Gasteiger partial charge < -0.3 is 10.2 Å². The number of aliphatic hydroxyl groups is 1. The van der Waals surface area contributed by atoms with Crippen molar-refractivity contribution < 1.29 is 23.4 Å². The second-order valence-corrected chi connectivity index (χ2v) is 8.00. The number of phenols is 1. The minimum absolute atomic E-state index is 0.00941. The van der Waals surface area contributed by atoms with E-state index in [9.17, 15) is 23.4 Å². The fraction of sp³-hybridized carbons (Fsp3) is 0.182. The van der Waals surface area contributed by atoms with E-state index in [-0.39, 0.29) is 16.6 Å². The highest BCUT2D eigenvalue weighted by Crippen LogP contribution is 2.44. The Morgan fingerprint density at radius 2 is 1.81 bits per heavy atom. The van der Waals surface area contributed by atoms with Gasteiger partial charge in [-0.2, -0.15) is 23.3 Å². The second-order valence-electron chi connectivity index (χ2n) is 7.17. The number of para-hydroxylation sites is 1. The number of thiazole rings is 1. The molecule has 1 aliphatic rings. The Morgan fingerprint density at radius 1 is 1.10 bits per heavy atom. The molecule has 2 aromatic carbocycles. The number of nitrogens with zero attached hydrogens (tertiary/aromatic N) is 3. The van der Waals surface area contributed by atoms with Gasteiger partial charge in [-0.05, 0) is 25.1 Å². The minimum Gasteiger partial charge on any atom is -0.507 e. The molecule has 9 heteroatoms. The molecular weight excluding hydrogens is 427 g/mol. The first-order chi connectivity index (χ1) is 14.7. The van der Waals surface area contributed by atoms with E-state index in [4.69, 9.17) is 0 Å². The van der Waals surface area contributed by atoms with Crippen LogP contribution in [-0.4, -0.2) is 32.8 Å². The van der Waals surface area contributed by atoms with Crippen LogP contribution >= 0.6 is 11.3 Å². The van der Waals surface area contributed by atoms with Crippen molar-refractivity contribution in [3.63, 3.8) is 0 Å². The molecule has 0 unspecified atom stereocenters. The summed E-state index contributed by atoms with van der Waals surface area (Å²) in [4.78, 5) is 4.28. The summed E-state index contributed by atoms with van der Waals surface area (Å²) >= 11 is 0.967. The number of aromatic hydroxyl groups is 1. The molecule has 0 radical (unpaired) electrons. The molecule has 1 aliphatic heterocycles. The molecule has 0 spiro atoms. The third-order valence-electron chi connectivity index (χ3n) is 4.87. The first-order valence-electron chi connectivity index (χ1n) is 9.33. The third-order valence-corrected chi connectivity index (χ3v) is 5.69. The molecule has 0 saturated heterocycles. The van der Waals surface area contributed by atoms with Crippen LogP contribution in [0.25, 0.3) is 17.3 Å².